The predicted molar refractivity (Wildman–Crippen MR) is 75.1 cm³/mol. The van der Waals surface area contributed by atoms with Gasteiger partial charge < -0.3 is 10.1 Å². The highest BCUT2D eigenvalue weighted by Gasteiger charge is 2.32. The number of benzene rings is 1. The average Bonchev–Trinajstić information content (AvgIpc) is 2.47. The van der Waals surface area contributed by atoms with Crippen molar-refractivity contribution in [3.63, 3.8) is 0 Å². The largest absolute Gasteiger partial charge is 0.390 e. The first-order chi connectivity index (χ1) is 10.0. The van der Waals surface area contributed by atoms with Gasteiger partial charge in [-0.25, -0.2) is 0 Å². The molecule has 1 aromatic rings. The van der Waals surface area contributed by atoms with Crippen molar-refractivity contribution in [2.75, 3.05) is 39.4 Å². The summed E-state index contributed by atoms with van der Waals surface area (Å²) in [5.74, 6) is 0. The lowest BCUT2D eigenvalue weighted by Crippen LogP contribution is -2.41. The van der Waals surface area contributed by atoms with Crippen LogP contribution in [0.3, 0.4) is 0 Å². The van der Waals surface area contributed by atoms with Crippen molar-refractivity contribution in [1.29, 1.82) is 0 Å². The third kappa shape index (κ3) is 6.03. The number of hydrogen-bond acceptors (Lipinski definition) is 3. The molecule has 1 aromatic carbocycles. The molecule has 0 aliphatic carbocycles. The van der Waals surface area contributed by atoms with E-state index in [9.17, 15) is 13.2 Å². The Morgan fingerprint density at radius 3 is 2.43 bits per heavy atom. The molecule has 118 valence electrons. The summed E-state index contributed by atoms with van der Waals surface area (Å²) >= 11 is 0. The Labute approximate surface area is 123 Å². The van der Waals surface area contributed by atoms with Crippen molar-refractivity contribution >= 4 is 0 Å². The lowest BCUT2D eigenvalue weighted by molar-refractivity contribution is -0.140. The number of alkyl halides is 3. The van der Waals surface area contributed by atoms with Crippen LogP contribution in [0.2, 0.25) is 0 Å². The Balaban J connectivity index is 1.86. The van der Waals surface area contributed by atoms with Gasteiger partial charge in [0.25, 0.3) is 0 Å². The Kier molecular flexibility index (Phi) is 6.02. The molecule has 1 saturated heterocycles. The van der Waals surface area contributed by atoms with Gasteiger partial charge in [0.1, 0.15) is 0 Å². The van der Waals surface area contributed by atoms with Crippen molar-refractivity contribution in [3.8, 4) is 0 Å². The van der Waals surface area contributed by atoms with Gasteiger partial charge in [-0.3, -0.25) is 4.90 Å². The summed E-state index contributed by atoms with van der Waals surface area (Å²) in [5.41, 5.74) is 0.678. The zero-order chi connectivity index (χ0) is 15.1. The maximum atomic E-state index is 12.7. The van der Waals surface area contributed by atoms with Crippen LogP contribution in [0.15, 0.2) is 30.3 Å². The summed E-state index contributed by atoms with van der Waals surface area (Å²) in [5, 5.41) is 3.04. The van der Waals surface area contributed by atoms with Crippen molar-refractivity contribution in [3.05, 3.63) is 35.9 Å². The zero-order valence-corrected chi connectivity index (χ0v) is 11.9. The monoisotopic (exact) mass is 302 g/mol. The predicted octanol–water partition coefficient (Wildman–Crippen LogP) is 2.60. The van der Waals surface area contributed by atoms with Gasteiger partial charge in [-0.05, 0) is 5.56 Å². The minimum Gasteiger partial charge on any atom is -0.379 e. The molecule has 0 bridgehead atoms. The number of nitrogens with zero attached hydrogens (tertiary/aromatic N) is 1. The molecule has 1 unspecified atom stereocenters. The number of morpholine rings is 1. The van der Waals surface area contributed by atoms with Crippen LogP contribution in [0, 0.1) is 0 Å². The van der Waals surface area contributed by atoms with Gasteiger partial charge in [0.15, 0.2) is 0 Å². The van der Waals surface area contributed by atoms with Gasteiger partial charge >= 0.3 is 6.18 Å². The van der Waals surface area contributed by atoms with Gasteiger partial charge in [0.05, 0.1) is 19.6 Å². The first kappa shape index (κ1) is 16.3. The van der Waals surface area contributed by atoms with Crippen LogP contribution < -0.4 is 5.32 Å². The van der Waals surface area contributed by atoms with Crippen LogP contribution in [-0.2, 0) is 4.74 Å². The van der Waals surface area contributed by atoms with E-state index in [0.717, 1.165) is 19.6 Å². The first-order valence-corrected chi connectivity index (χ1v) is 7.20. The summed E-state index contributed by atoms with van der Waals surface area (Å²) in [7, 11) is 0. The normalized spacial score (nSPS) is 18.6. The highest BCUT2D eigenvalue weighted by molar-refractivity contribution is 5.19. The van der Waals surface area contributed by atoms with Gasteiger partial charge in [0, 0.05) is 32.2 Å². The van der Waals surface area contributed by atoms with E-state index in [-0.39, 0.29) is 0 Å². The molecule has 0 amide bonds. The van der Waals surface area contributed by atoms with Gasteiger partial charge in [-0.2, -0.15) is 13.2 Å². The van der Waals surface area contributed by atoms with E-state index >= 15 is 0 Å². The Bertz CT molecular complexity index is 405. The van der Waals surface area contributed by atoms with E-state index in [1.54, 1.807) is 24.3 Å². The molecule has 1 aliphatic heterocycles. The fourth-order valence-corrected chi connectivity index (χ4v) is 2.45. The molecule has 0 saturated carbocycles. The van der Waals surface area contributed by atoms with E-state index in [0.29, 0.717) is 25.3 Å². The lowest BCUT2D eigenvalue weighted by Gasteiger charge is -2.28. The summed E-state index contributed by atoms with van der Waals surface area (Å²) < 4.78 is 43.4. The molecule has 2 rings (SSSR count). The third-order valence-electron chi connectivity index (χ3n) is 3.56. The topological polar surface area (TPSA) is 24.5 Å². The highest BCUT2D eigenvalue weighted by atomic mass is 19.4. The summed E-state index contributed by atoms with van der Waals surface area (Å²) in [4.78, 5) is 2.20. The summed E-state index contributed by atoms with van der Waals surface area (Å²) in [6.45, 7) is 4.36. The van der Waals surface area contributed by atoms with Crippen molar-refractivity contribution in [2.45, 2.75) is 18.6 Å². The molecule has 1 N–H and O–H groups in total. The van der Waals surface area contributed by atoms with Crippen molar-refractivity contribution < 1.29 is 17.9 Å². The van der Waals surface area contributed by atoms with Gasteiger partial charge in [-0.1, -0.05) is 30.3 Å². The lowest BCUT2D eigenvalue weighted by atomic mass is 10.0. The molecule has 1 heterocycles. The molecule has 1 aliphatic rings. The second-order valence-electron chi connectivity index (χ2n) is 5.19. The van der Waals surface area contributed by atoms with Crippen LogP contribution in [-0.4, -0.2) is 50.5 Å². The number of rotatable bonds is 6. The third-order valence-corrected chi connectivity index (χ3v) is 3.56. The van der Waals surface area contributed by atoms with Crippen LogP contribution in [0.5, 0.6) is 0 Å². The van der Waals surface area contributed by atoms with Crippen LogP contribution in [0.4, 0.5) is 13.2 Å². The molecular weight excluding hydrogens is 281 g/mol. The Morgan fingerprint density at radius 2 is 1.81 bits per heavy atom. The zero-order valence-electron chi connectivity index (χ0n) is 11.9. The second-order valence-corrected chi connectivity index (χ2v) is 5.19. The summed E-state index contributed by atoms with van der Waals surface area (Å²) in [6.07, 6.45) is -5.02. The number of ether oxygens (including phenoxy) is 1. The van der Waals surface area contributed by atoms with E-state index < -0.39 is 18.6 Å². The van der Waals surface area contributed by atoms with Crippen molar-refractivity contribution in [2.24, 2.45) is 0 Å². The van der Waals surface area contributed by atoms with Gasteiger partial charge in [0.2, 0.25) is 0 Å². The second kappa shape index (κ2) is 7.77. The first-order valence-electron chi connectivity index (χ1n) is 7.20. The number of hydrogen-bond donors (Lipinski definition) is 1. The van der Waals surface area contributed by atoms with Crippen LogP contribution in [0.25, 0.3) is 0 Å². The smallest absolute Gasteiger partial charge is 0.379 e. The maximum absolute atomic E-state index is 12.7. The van der Waals surface area contributed by atoms with Crippen LogP contribution >= 0.6 is 0 Å². The van der Waals surface area contributed by atoms with Crippen LogP contribution in [0.1, 0.15) is 18.0 Å². The van der Waals surface area contributed by atoms with Gasteiger partial charge in [-0.15, -0.1) is 0 Å². The van der Waals surface area contributed by atoms with Crippen molar-refractivity contribution in [1.82, 2.24) is 10.2 Å². The number of nitrogens with one attached hydrogen (secondary N) is 1. The molecular formula is C15H21F3N2O. The van der Waals surface area contributed by atoms with E-state index in [4.69, 9.17) is 4.74 Å². The molecule has 0 aromatic heterocycles. The molecule has 0 spiro atoms. The molecule has 1 fully saturated rings. The Hall–Kier alpha value is -1.11. The summed E-state index contributed by atoms with van der Waals surface area (Å²) in [6, 6.07) is 8.12. The minimum atomic E-state index is -4.17. The molecule has 0 radical (unpaired) electrons. The van der Waals surface area contributed by atoms with E-state index in [1.165, 1.54) is 0 Å². The molecule has 3 nitrogen and oxygen atoms in total. The molecule has 6 heteroatoms. The van der Waals surface area contributed by atoms with E-state index in [1.807, 2.05) is 6.07 Å². The molecule has 1 atom stereocenters. The number of halogens is 3. The Morgan fingerprint density at radius 1 is 1.14 bits per heavy atom. The molecule has 21 heavy (non-hydrogen) atoms. The fraction of sp³-hybridized carbons (Fsp3) is 0.600. The average molecular weight is 302 g/mol. The standard InChI is InChI=1S/C15H21F3N2O/c16-15(17,18)12-14(13-4-2-1-3-5-13)19-6-7-20-8-10-21-11-9-20/h1-5,14,19H,6-12H2. The maximum Gasteiger partial charge on any atom is 0.390 e. The fourth-order valence-electron chi connectivity index (χ4n) is 2.45. The van der Waals surface area contributed by atoms with E-state index in [2.05, 4.69) is 10.2 Å². The quantitative estimate of drug-likeness (QED) is 0.874. The SMILES string of the molecule is FC(F)(F)CC(NCCN1CCOCC1)c1ccccc1. The minimum absolute atomic E-state index is 0.537. The highest BCUT2D eigenvalue weighted by Crippen LogP contribution is 2.29.